The molecule has 0 spiro atoms. The van der Waals surface area contributed by atoms with Crippen molar-refractivity contribution in [3.63, 3.8) is 0 Å². The third-order valence-corrected chi connectivity index (χ3v) is 3.24. The summed E-state index contributed by atoms with van der Waals surface area (Å²) in [6.07, 6.45) is 5.98. The first kappa shape index (κ1) is 12.5. The summed E-state index contributed by atoms with van der Waals surface area (Å²) in [6, 6.07) is 0. The number of carbonyl (C=O) groups is 2. The first-order chi connectivity index (χ1) is 8.60. The van der Waals surface area contributed by atoms with E-state index in [4.69, 9.17) is 5.11 Å². The largest absolute Gasteiger partial charge is 0.481 e. The molecule has 2 N–H and O–H groups in total. The Morgan fingerprint density at radius 1 is 1.44 bits per heavy atom. The van der Waals surface area contributed by atoms with Gasteiger partial charge in [-0.1, -0.05) is 5.21 Å². The molecule has 7 heteroatoms. The standard InChI is InChI=1S/C11H16N4O3/c16-9(2-6-15-7-5-12-14-15)13-11(3-1-4-11)8-10(17)18/h5,7H,1-4,6,8H2,(H,13,16)(H,17,18). The maximum absolute atomic E-state index is 11.8. The molecular formula is C11H16N4O3. The molecule has 0 unspecified atom stereocenters. The van der Waals surface area contributed by atoms with Crippen molar-refractivity contribution < 1.29 is 14.7 Å². The predicted octanol–water partition coefficient (Wildman–Crippen LogP) is 0.182. The summed E-state index contributed by atoms with van der Waals surface area (Å²) < 4.78 is 1.57. The first-order valence-electron chi connectivity index (χ1n) is 5.97. The second kappa shape index (κ2) is 5.16. The Labute approximate surface area is 104 Å². The summed E-state index contributed by atoms with van der Waals surface area (Å²) in [7, 11) is 0. The van der Waals surface area contributed by atoms with Crippen LogP contribution in [-0.2, 0) is 16.1 Å². The van der Waals surface area contributed by atoms with Crippen LogP contribution < -0.4 is 5.32 Å². The van der Waals surface area contributed by atoms with Gasteiger partial charge in [0.25, 0.3) is 0 Å². The van der Waals surface area contributed by atoms with Crippen molar-refractivity contribution in [1.82, 2.24) is 20.3 Å². The van der Waals surface area contributed by atoms with Gasteiger partial charge in [-0.2, -0.15) is 0 Å². The molecule has 1 saturated carbocycles. The average Bonchev–Trinajstić information content (AvgIpc) is 2.75. The van der Waals surface area contributed by atoms with Crippen LogP contribution in [0.1, 0.15) is 32.1 Å². The third-order valence-electron chi connectivity index (χ3n) is 3.24. The molecule has 7 nitrogen and oxygen atoms in total. The highest BCUT2D eigenvalue weighted by atomic mass is 16.4. The van der Waals surface area contributed by atoms with Crippen LogP contribution in [0.4, 0.5) is 0 Å². The van der Waals surface area contributed by atoms with E-state index >= 15 is 0 Å². The minimum Gasteiger partial charge on any atom is -0.481 e. The van der Waals surface area contributed by atoms with E-state index in [9.17, 15) is 9.59 Å². The normalized spacial score (nSPS) is 16.9. The molecule has 0 saturated heterocycles. The van der Waals surface area contributed by atoms with Gasteiger partial charge in [-0.3, -0.25) is 14.3 Å². The van der Waals surface area contributed by atoms with E-state index in [-0.39, 0.29) is 18.7 Å². The molecule has 1 amide bonds. The zero-order valence-electron chi connectivity index (χ0n) is 10.0. The topological polar surface area (TPSA) is 97.1 Å². The van der Waals surface area contributed by atoms with Gasteiger partial charge in [-0.15, -0.1) is 5.10 Å². The number of aliphatic carboxylic acids is 1. The first-order valence-corrected chi connectivity index (χ1v) is 5.97. The zero-order valence-corrected chi connectivity index (χ0v) is 10.0. The second-order valence-corrected chi connectivity index (χ2v) is 4.67. The highest BCUT2D eigenvalue weighted by Crippen LogP contribution is 2.34. The Kier molecular flexibility index (Phi) is 3.59. The van der Waals surface area contributed by atoms with Crippen molar-refractivity contribution in [2.45, 2.75) is 44.2 Å². The van der Waals surface area contributed by atoms with Gasteiger partial charge in [0.2, 0.25) is 5.91 Å². The number of rotatable bonds is 6. The van der Waals surface area contributed by atoms with Crippen molar-refractivity contribution in [3.05, 3.63) is 12.4 Å². The summed E-state index contributed by atoms with van der Waals surface area (Å²) >= 11 is 0. The lowest BCUT2D eigenvalue weighted by atomic mass is 9.74. The molecule has 18 heavy (non-hydrogen) atoms. The van der Waals surface area contributed by atoms with E-state index in [2.05, 4.69) is 15.6 Å². The predicted molar refractivity (Wildman–Crippen MR) is 61.6 cm³/mol. The number of hydrogen-bond donors (Lipinski definition) is 2. The summed E-state index contributed by atoms with van der Waals surface area (Å²) in [5.74, 6) is -1.00. The molecule has 98 valence electrons. The van der Waals surface area contributed by atoms with Gasteiger partial charge >= 0.3 is 5.97 Å². The van der Waals surface area contributed by atoms with E-state index in [1.807, 2.05) is 0 Å². The third kappa shape index (κ3) is 3.06. The molecule has 1 aliphatic carbocycles. The molecule has 0 bridgehead atoms. The number of carboxylic acids is 1. The molecule has 1 aromatic rings. The molecule has 2 rings (SSSR count). The Morgan fingerprint density at radius 3 is 2.72 bits per heavy atom. The van der Waals surface area contributed by atoms with E-state index in [0.717, 1.165) is 19.3 Å². The number of carbonyl (C=O) groups excluding carboxylic acids is 1. The van der Waals surface area contributed by atoms with Gasteiger partial charge in [0, 0.05) is 12.6 Å². The number of carboxylic acid groups (broad SMARTS) is 1. The fourth-order valence-electron chi connectivity index (χ4n) is 2.17. The Bertz CT molecular complexity index is 426. The molecule has 0 atom stereocenters. The molecule has 0 radical (unpaired) electrons. The molecule has 1 fully saturated rings. The number of amides is 1. The summed E-state index contributed by atoms with van der Waals surface area (Å²) in [5.41, 5.74) is -0.523. The molecule has 1 heterocycles. The van der Waals surface area contributed by atoms with Crippen LogP contribution in [0.3, 0.4) is 0 Å². The number of aryl methyl sites for hydroxylation is 1. The van der Waals surface area contributed by atoms with Crippen molar-refractivity contribution >= 4 is 11.9 Å². The minimum absolute atomic E-state index is 0.00205. The molecule has 0 aromatic carbocycles. The maximum atomic E-state index is 11.8. The number of nitrogens with zero attached hydrogens (tertiary/aromatic N) is 3. The number of hydrogen-bond acceptors (Lipinski definition) is 4. The highest BCUT2D eigenvalue weighted by molar-refractivity contribution is 5.78. The number of nitrogens with one attached hydrogen (secondary N) is 1. The molecule has 1 aromatic heterocycles. The van der Waals surface area contributed by atoms with Crippen LogP contribution in [0.5, 0.6) is 0 Å². The van der Waals surface area contributed by atoms with Crippen LogP contribution in [0.15, 0.2) is 12.4 Å². The Morgan fingerprint density at radius 2 is 2.22 bits per heavy atom. The molecule has 1 aliphatic rings. The van der Waals surface area contributed by atoms with Crippen molar-refractivity contribution in [3.8, 4) is 0 Å². The summed E-state index contributed by atoms with van der Waals surface area (Å²) in [6.45, 7) is 0.453. The van der Waals surface area contributed by atoms with Crippen LogP contribution >= 0.6 is 0 Å². The summed E-state index contributed by atoms with van der Waals surface area (Å²) in [4.78, 5) is 22.5. The van der Waals surface area contributed by atoms with Gasteiger partial charge < -0.3 is 10.4 Å². The second-order valence-electron chi connectivity index (χ2n) is 4.67. The van der Waals surface area contributed by atoms with Crippen LogP contribution in [-0.4, -0.2) is 37.5 Å². The van der Waals surface area contributed by atoms with Crippen molar-refractivity contribution in [2.24, 2.45) is 0 Å². The quantitative estimate of drug-likeness (QED) is 0.752. The highest BCUT2D eigenvalue weighted by Gasteiger charge is 2.40. The van der Waals surface area contributed by atoms with E-state index < -0.39 is 11.5 Å². The minimum atomic E-state index is -0.869. The Hall–Kier alpha value is -1.92. The lowest BCUT2D eigenvalue weighted by molar-refractivity contribution is -0.140. The fraction of sp³-hybridized carbons (Fsp3) is 0.636. The van der Waals surface area contributed by atoms with Crippen molar-refractivity contribution in [2.75, 3.05) is 0 Å². The van der Waals surface area contributed by atoms with Gasteiger partial charge in [0.1, 0.15) is 0 Å². The number of aromatic nitrogens is 3. The lowest BCUT2D eigenvalue weighted by Crippen LogP contribution is -2.54. The smallest absolute Gasteiger partial charge is 0.305 e. The Balaban J connectivity index is 1.80. The van der Waals surface area contributed by atoms with Crippen molar-refractivity contribution in [1.29, 1.82) is 0 Å². The maximum Gasteiger partial charge on any atom is 0.305 e. The van der Waals surface area contributed by atoms with E-state index in [1.54, 1.807) is 17.1 Å². The molecular weight excluding hydrogens is 236 g/mol. The van der Waals surface area contributed by atoms with E-state index in [0.29, 0.717) is 6.54 Å². The van der Waals surface area contributed by atoms with Gasteiger partial charge in [0.15, 0.2) is 0 Å². The lowest BCUT2D eigenvalue weighted by Gasteiger charge is -2.41. The molecule has 0 aliphatic heterocycles. The van der Waals surface area contributed by atoms with Gasteiger partial charge in [-0.05, 0) is 19.3 Å². The van der Waals surface area contributed by atoms with Crippen LogP contribution in [0.25, 0.3) is 0 Å². The van der Waals surface area contributed by atoms with E-state index in [1.165, 1.54) is 0 Å². The average molecular weight is 252 g/mol. The van der Waals surface area contributed by atoms with Crippen LogP contribution in [0.2, 0.25) is 0 Å². The SMILES string of the molecule is O=C(O)CC1(NC(=O)CCn2ccnn2)CCC1. The van der Waals surface area contributed by atoms with Gasteiger partial charge in [-0.25, -0.2) is 0 Å². The summed E-state index contributed by atoms with van der Waals surface area (Å²) in [5, 5.41) is 19.1. The zero-order chi connectivity index (χ0) is 13.0. The van der Waals surface area contributed by atoms with Gasteiger partial charge in [0.05, 0.1) is 24.7 Å². The van der Waals surface area contributed by atoms with Crippen LogP contribution in [0, 0.1) is 0 Å². The monoisotopic (exact) mass is 252 g/mol. The fourth-order valence-corrected chi connectivity index (χ4v) is 2.17.